The van der Waals surface area contributed by atoms with Gasteiger partial charge in [0, 0.05) is 24.7 Å². The molecule has 2 aromatic rings. The fraction of sp³-hybridized carbons (Fsp3) is 0.357. The lowest BCUT2D eigenvalue weighted by Gasteiger charge is -2.24. The number of benzene rings is 1. The predicted octanol–water partition coefficient (Wildman–Crippen LogP) is 2.25. The second-order valence-electron chi connectivity index (χ2n) is 4.64. The van der Waals surface area contributed by atoms with Crippen molar-refractivity contribution < 1.29 is 4.74 Å². The highest BCUT2D eigenvalue weighted by Gasteiger charge is 2.19. The molecule has 3 rings (SSSR count). The standard InChI is InChI=1S/C14H16ClN3O/c15-12-3-1-11(2-4-12)9-18-10-17-7-13(18)14-8-16-5-6-19-14/h1-4,7,10,14,16H,5-6,8-9H2. The summed E-state index contributed by atoms with van der Waals surface area (Å²) >= 11 is 5.90. The Morgan fingerprint density at radius 2 is 2.21 bits per heavy atom. The Bertz CT molecular complexity index is 532. The summed E-state index contributed by atoms with van der Waals surface area (Å²) in [6, 6.07) is 7.89. The third kappa shape index (κ3) is 2.97. The van der Waals surface area contributed by atoms with Crippen molar-refractivity contribution in [3.8, 4) is 0 Å². The molecule has 4 nitrogen and oxygen atoms in total. The van der Waals surface area contributed by atoms with E-state index in [9.17, 15) is 0 Å². The molecule has 1 aliphatic rings. The Labute approximate surface area is 117 Å². The van der Waals surface area contributed by atoms with Crippen molar-refractivity contribution in [3.63, 3.8) is 0 Å². The molecule has 1 N–H and O–H groups in total. The Kier molecular flexibility index (Phi) is 3.82. The second-order valence-corrected chi connectivity index (χ2v) is 5.07. The number of imidazole rings is 1. The van der Waals surface area contributed by atoms with Crippen LogP contribution in [0.3, 0.4) is 0 Å². The van der Waals surface area contributed by atoms with Crippen LogP contribution in [0, 0.1) is 0 Å². The van der Waals surface area contributed by atoms with E-state index < -0.39 is 0 Å². The highest BCUT2D eigenvalue weighted by atomic mass is 35.5. The summed E-state index contributed by atoms with van der Waals surface area (Å²) in [5.41, 5.74) is 2.31. The van der Waals surface area contributed by atoms with Crippen LogP contribution in [0.4, 0.5) is 0 Å². The number of hydrogen-bond acceptors (Lipinski definition) is 3. The molecule has 1 aromatic heterocycles. The van der Waals surface area contributed by atoms with E-state index in [2.05, 4.69) is 14.9 Å². The molecule has 1 aromatic carbocycles. The molecule has 1 saturated heterocycles. The SMILES string of the molecule is Clc1ccc(Cn2cncc2C2CNCCO2)cc1. The number of halogens is 1. The normalized spacial score (nSPS) is 19.5. The summed E-state index contributed by atoms with van der Waals surface area (Å²) in [7, 11) is 0. The summed E-state index contributed by atoms with van der Waals surface area (Å²) in [5, 5.41) is 4.10. The number of aromatic nitrogens is 2. The maximum Gasteiger partial charge on any atom is 0.111 e. The zero-order chi connectivity index (χ0) is 13.1. The van der Waals surface area contributed by atoms with Gasteiger partial charge in [-0.15, -0.1) is 0 Å². The fourth-order valence-electron chi connectivity index (χ4n) is 2.27. The lowest BCUT2D eigenvalue weighted by atomic mass is 10.2. The molecule has 1 unspecified atom stereocenters. The summed E-state index contributed by atoms with van der Waals surface area (Å²) in [4.78, 5) is 4.24. The van der Waals surface area contributed by atoms with Crippen LogP contribution in [0.2, 0.25) is 5.02 Å². The number of rotatable bonds is 3. The van der Waals surface area contributed by atoms with Crippen molar-refractivity contribution in [2.45, 2.75) is 12.6 Å². The lowest BCUT2D eigenvalue weighted by Crippen LogP contribution is -2.34. The van der Waals surface area contributed by atoms with Gasteiger partial charge in [-0.3, -0.25) is 0 Å². The quantitative estimate of drug-likeness (QED) is 0.935. The first-order chi connectivity index (χ1) is 9.33. The third-order valence-corrected chi connectivity index (χ3v) is 3.52. The minimum atomic E-state index is 0.0866. The molecular formula is C14H16ClN3O. The highest BCUT2D eigenvalue weighted by Crippen LogP contribution is 2.19. The third-order valence-electron chi connectivity index (χ3n) is 3.27. The molecule has 2 heterocycles. The largest absolute Gasteiger partial charge is 0.369 e. The van der Waals surface area contributed by atoms with Crippen LogP contribution >= 0.6 is 11.6 Å². The van der Waals surface area contributed by atoms with Gasteiger partial charge in [0.25, 0.3) is 0 Å². The average molecular weight is 278 g/mol. The van der Waals surface area contributed by atoms with Crippen LogP contribution in [0.25, 0.3) is 0 Å². The Hall–Kier alpha value is -1.36. The molecule has 0 bridgehead atoms. The van der Waals surface area contributed by atoms with Gasteiger partial charge in [-0.1, -0.05) is 23.7 Å². The zero-order valence-electron chi connectivity index (χ0n) is 10.6. The van der Waals surface area contributed by atoms with Crippen LogP contribution in [0.15, 0.2) is 36.8 Å². The molecule has 0 radical (unpaired) electrons. The maximum absolute atomic E-state index is 5.90. The minimum absolute atomic E-state index is 0.0866. The molecule has 1 fully saturated rings. The van der Waals surface area contributed by atoms with Gasteiger partial charge in [-0.25, -0.2) is 4.98 Å². The van der Waals surface area contributed by atoms with Gasteiger partial charge in [-0.2, -0.15) is 0 Å². The van der Waals surface area contributed by atoms with E-state index in [1.54, 1.807) is 0 Å². The van der Waals surface area contributed by atoms with Crippen LogP contribution in [0.5, 0.6) is 0 Å². The fourth-order valence-corrected chi connectivity index (χ4v) is 2.40. The van der Waals surface area contributed by atoms with Crippen LogP contribution < -0.4 is 5.32 Å². The summed E-state index contributed by atoms with van der Waals surface area (Å²) in [6.45, 7) is 3.29. The van der Waals surface area contributed by atoms with Gasteiger partial charge in [0.2, 0.25) is 0 Å². The van der Waals surface area contributed by atoms with Gasteiger partial charge in [-0.05, 0) is 17.7 Å². The number of morpholine rings is 1. The Balaban J connectivity index is 1.77. The van der Waals surface area contributed by atoms with E-state index in [-0.39, 0.29) is 6.10 Å². The van der Waals surface area contributed by atoms with Crippen molar-refractivity contribution >= 4 is 11.6 Å². The molecule has 5 heteroatoms. The molecule has 0 saturated carbocycles. The van der Waals surface area contributed by atoms with Crippen molar-refractivity contribution in [3.05, 3.63) is 53.1 Å². The smallest absolute Gasteiger partial charge is 0.111 e. The summed E-state index contributed by atoms with van der Waals surface area (Å²) < 4.78 is 7.90. The molecule has 19 heavy (non-hydrogen) atoms. The Morgan fingerprint density at radius 3 is 2.95 bits per heavy atom. The first-order valence-corrected chi connectivity index (χ1v) is 6.77. The average Bonchev–Trinajstić information content (AvgIpc) is 2.90. The van der Waals surface area contributed by atoms with Crippen molar-refractivity contribution in [2.75, 3.05) is 19.7 Å². The first kappa shape index (κ1) is 12.7. The number of nitrogens with zero attached hydrogens (tertiary/aromatic N) is 2. The maximum atomic E-state index is 5.90. The Morgan fingerprint density at radius 1 is 1.37 bits per heavy atom. The number of nitrogens with one attached hydrogen (secondary N) is 1. The molecule has 100 valence electrons. The van der Waals surface area contributed by atoms with Crippen LogP contribution in [-0.2, 0) is 11.3 Å². The van der Waals surface area contributed by atoms with Crippen molar-refractivity contribution in [2.24, 2.45) is 0 Å². The lowest BCUT2D eigenvalue weighted by molar-refractivity contribution is 0.0230. The molecular weight excluding hydrogens is 262 g/mol. The summed E-state index contributed by atoms with van der Waals surface area (Å²) in [5.74, 6) is 0. The number of hydrogen-bond donors (Lipinski definition) is 1. The first-order valence-electron chi connectivity index (χ1n) is 6.40. The van der Waals surface area contributed by atoms with Crippen LogP contribution in [0.1, 0.15) is 17.4 Å². The van der Waals surface area contributed by atoms with Gasteiger partial charge >= 0.3 is 0 Å². The van der Waals surface area contributed by atoms with Crippen LogP contribution in [-0.4, -0.2) is 29.2 Å². The molecule has 0 spiro atoms. The summed E-state index contributed by atoms with van der Waals surface area (Å²) in [6.07, 6.45) is 3.82. The van der Waals surface area contributed by atoms with E-state index in [1.165, 1.54) is 5.56 Å². The number of ether oxygens (including phenoxy) is 1. The van der Waals surface area contributed by atoms with Crippen molar-refractivity contribution in [1.82, 2.24) is 14.9 Å². The van der Waals surface area contributed by atoms with E-state index in [0.29, 0.717) is 0 Å². The van der Waals surface area contributed by atoms with E-state index >= 15 is 0 Å². The molecule has 1 aliphatic heterocycles. The molecule has 0 amide bonds. The predicted molar refractivity (Wildman–Crippen MR) is 74.3 cm³/mol. The van der Waals surface area contributed by atoms with E-state index in [1.807, 2.05) is 36.8 Å². The van der Waals surface area contributed by atoms with E-state index in [0.717, 1.165) is 37.0 Å². The second kappa shape index (κ2) is 5.74. The monoisotopic (exact) mass is 277 g/mol. The van der Waals surface area contributed by atoms with E-state index in [4.69, 9.17) is 16.3 Å². The van der Waals surface area contributed by atoms with Gasteiger partial charge in [0.05, 0.1) is 24.8 Å². The topological polar surface area (TPSA) is 39.1 Å². The van der Waals surface area contributed by atoms with Gasteiger partial charge in [0.1, 0.15) is 6.10 Å². The minimum Gasteiger partial charge on any atom is -0.369 e. The van der Waals surface area contributed by atoms with Crippen molar-refractivity contribution in [1.29, 1.82) is 0 Å². The molecule has 0 aliphatic carbocycles. The molecule has 1 atom stereocenters. The zero-order valence-corrected chi connectivity index (χ0v) is 11.3. The highest BCUT2D eigenvalue weighted by molar-refractivity contribution is 6.30. The van der Waals surface area contributed by atoms with Gasteiger partial charge in [0.15, 0.2) is 0 Å². The van der Waals surface area contributed by atoms with Gasteiger partial charge < -0.3 is 14.6 Å².